The number of amides is 1. The van der Waals surface area contributed by atoms with Crippen LogP contribution in [0.3, 0.4) is 0 Å². The number of hydrogen-bond donors (Lipinski definition) is 2. The molecule has 0 saturated heterocycles. The second kappa shape index (κ2) is 6.81. The second-order valence-corrected chi connectivity index (χ2v) is 5.14. The molecule has 0 aliphatic carbocycles. The molecule has 130 valence electrons. The molecule has 9 heteroatoms. The van der Waals surface area contributed by atoms with Gasteiger partial charge in [-0.1, -0.05) is 0 Å². The van der Waals surface area contributed by atoms with Crippen LogP contribution in [0.25, 0.3) is 0 Å². The van der Waals surface area contributed by atoms with E-state index in [9.17, 15) is 18.0 Å². The summed E-state index contributed by atoms with van der Waals surface area (Å²) in [6, 6.07) is 5.14. The Morgan fingerprint density at radius 1 is 1.25 bits per heavy atom. The van der Waals surface area contributed by atoms with Gasteiger partial charge in [-0.2, -0.15) is 5.10 Å². The third-order valence-corrected chi connectivity index (χ3v) is 3.31. The van der Waals surface area contributed by atoms with Crippen molar-refractivity contribution < 1.29 is 22.7 Å². The number of ether oxygens (including phenoxy) is 1. The zero-order chi connectivity index (χ0) is 17.9. The predicted octanol–water partition coefficient (Wildman–Crippen LogP) is 2.99. The van der Waals surface area contributed by atoms with Crippen molar-refractivity contribution in [1.29, 1.82) is 0 Å². The van der Waals surface area contributed by atoms with Crippen molar-refractivity contribution in [2.75, 3.05) is 17.2 Å². The molecule has 0 unspecified atom stereocenters. The smallest absolute Gasteiger partial charge is 0.406 e. The van der Waals surface area contributed by atoms with Crippen molar-refractivity contribution in [3.8, 4) is 5.75 Å². The van der Waals surface area contributed by atoms with Gasteiger partial charge in [0.15, 0.2) is 0 Å². The van der Waals surface area contributed by atoms with Gasteiger partial charge in [-0.05, 0) is 38.1 Å². The first-order chi connectivity index (χ1) is 11.2. The predicted molar refractivity (Wildman–Crippen MR) is 82.9 cm³/mol. The number of rotatable bonds is 5. The van der Waals surface area contributed by atoms with E-state index in [1.54, 1.807) is 18.7 Å². The van der Waals surface area contributed by atoms with E-state index in [0.29, 0.717) is 17.1 Å². The molecule has 0 fully saturated rings. The molecule has 0 atom stereocenters. The highest BCUT2D eigenvalue weighted by atomic mass is 19.4. The van der Waals surface area contributed by atoms with Crippen LogP contribution in [0.2, 0.25) is 0 Å². The van der Waals surface area contributed by atoms with Crippen LogP contribution in [0, 0.1) is 13.8 Å². The molecule has 0 spiro atoms. The minimum Gasteiger partial charge on any atom is -0.406 e. The van der Waals surface area contributed by atoms with Gasteiger partial charge in [0.05, 0.1) is 23.6 Å². The summed E-state index contributed by atoms with van der Waals surface area (Å²) in [5.41, 5.74) is 2.68. The highest BCUT2D eigenvalue weighted by molar-refractivity contribution is 5.94. The topological polar surface area (TPSA) is 68.2 Å². The number of nitrogens with zero attached hydrogens (tertiary/aromatic N) is 2. The van der Waals surface area contributed by atoms with E-state index in [1.165, 1.54) is 24.3 Å². The molecule has 1 aromatic carbocycles. The quantitative estimate of drug-likeness (QED) is 0.877. The average Bonchev–Trinajstić information content (AvgIpc) is 2.71. The molecule has 0 bridgehead atoms. The van der Waals surface area contributed by atoms with Gasteiger partial charge < -0.3 is 15.4 Å². The lowest BCUT2D eigenvalue weighted by Crippen LogP contribution is -2.22. The van der Waals surface area contributed by atoms with Crippen molar-refractivity contribution in [3.05, 3.63) is 35.7 Å². The van der Waals surface area contributed by atoms with E-state index < -0.39 is 6.36 Å². The minimum absolute atomic E-state index is 0.0345. The Morgan fingerprint density at radius 3 is 2.38 bits per heavy atom. The largest absolute Gasteiger partial charge is 0.573 e. The second-order valence-electron chi connectivity index (χ2n) is 5.14. The fourth-order valence-corrected chi connectivity index (χ4v) is 2.09. The molecule has 0 radical (unpaired) electrons. The Labute approximate surface area is 136 Å². The highest BCUT2D eigenvalue weighted by Crippen LogP contribution is 2.24. The van der Waals surface area contributed by atoms with E-state index in [0.717, 1.165) is 5.69 Å². The molecular formula is C15H17F3N4O2. The monoisotopic (exact) mass is 342 g/mol. The maximum atomic E-state index is 12.1. The summed E-state index contributed by atoms with van der Waals surface area (Å²) in [6.45, 7) is 3.59. The highest BCUT2D eigenvalue weighted by Gasteiger charge is 2.30. The first kappa shape index (κ1) is 17.6. The summed E-state index contributed by atoms with van der Waals surface area (Å²) < 4.78 is 41.7. The number of carbonyl (C=O) groups is 1. The van der Waals surface area contributed by atoms with Gasteiger partial charge in [-0.3, -0.25) is 9.48 Å². The molecule has 24 heavy (non-hydrogen) atoms. The van der Waals surface area contributed by atoms with Crippen LogP contribution in [0.15, 0.2) is 24.3 Å². The minimum atomic E-state index is -4.73. The Morgan fingerprint density at radius 2 is 1.88 bits per heavy atom. The molecule has 2 N–H and O–H groups in total. The molecule has 0 aliphatic heterocycles. The lowest BCUT2D eigenvalue weighted by Gasteiger charge is -2.10. The number of aromatic nitrogens is 2. The zero-order valence-electron chi connectivity index (χ0n) is 13.4. The van der Waals surface area contributed by atoms with Crippen LogP contribution in [0.4, 0.5) is 24.5 Å². The standard InChI is InChI=1S/C15H17F3N4O2/c1-9-14(10(2)22(3)21-9)20-13(23)8-19-11-4-6-12(7-5-11)24-15(16,17)18/h4-7,19H,8H2,1-3H3,(H,20,23). The third kappa shape index (κ3) is 4.64. The normalized spacial score (nSPS) is 11.2. The third-order valence-electron chi connectivity index (χ3n) is 3.31. The number of halogens is 3. The Balaban J connectivity index is 1.90. The molecule has 2 rings (SSSR count). The number of nitrogens with one attached hydrogen (secondary N) is 2. The van der Waals surface area contributed by atoms with Crippen LogP contribution in [0.1, 0.15) is 11.4 Å². The molecule has 1 amide bonds. The van der Waals surface area contributed by atoms with Crippen molar-refractivity contribution in [2.24, 2.45) is 7.05 Å². The van der Waals surface area contributed by atoms with Gasteiger partial charge in [0, 0.05) is 12.7 Å². The number of hydrogen-bond acceptors (Lipinski definition) is 4. The van der Waals surface area contributed by atoms with Crippen molar-refractivity contribution >= 4 is 17.3 Å². The van der Waals surface area contributed by atoms with Gasteiger partial charge in [0.2, 0.25) is 5.91 Å². The molecular weight excluding hydrogens is 325 g/mol. The van der Waals surface area contributed by atoms with Crippen LogP contribution < -0.4 is 15.4 Å². The number of alkyl halides is 3. The first-order valence-corrected chi connectivity index (χ1v) is 7.05. The van der Waals surface area contributed by atoms with Crippen LogP contribution in [-0.4, -0.2) is 28.6 Å². The molecule has 2 aromatic rings. The Bertz CT molecular complexity index is 724. The summed E-state index contributed by atoms with van der Waals surface area (Å²) in [4.78, 5) is 12.0. The summed E-state index contributed by atoms with van der Waals surface area (Å²) in [5, 5.41) is 9.77. The van der Waals surface area contributed by atoms with Gasteiger partial charge in [-0.15, -0.1) is 13.2 Å². The van der Waals surface area contributed by atoms with Crippen LogP contribution >= 0.6 is 0 Å². The van der Waals surface area contributed by atoms with Gasteiger partial charge in [0.25, 0.3) is 0 Å². The number of aryl methyl sites for hydroxylation is 2. The van der Waals surface area contributed by atoms with E-state index in [-0.39, 0.29) is 18.2 Å². The van der Waals surface area contributed by atoms with E-state index in [4.69, 9.17) is 0 Å². The SMILES string of the molecule is Cc1nn(C)c(C)c1NC(=O)CNc1ccc(OC(F)(F)F)cc1. The summed E-state index contributed by atoms with van der Waals surface area (Å²) in [7, 11) is 1.78. The number of carbonyl (C=O) groups excluding carboxylic acids is 1. The molecule has 1 aromatic heterocycles. The zero-order valence-corrected chi connectivity index (χ0v) is 13.4. The first-order valence-electron chi connectivity index (χ1n) is 7.05. The summed E-state index contributed by atoms with van der Waals surface area (Å²) in [6.07, 6.45) is -4.73. The van der Waals surface area contributed by atoms with E-state index in [2.05, 4.69) is 20.5 Å². The van der Waals surface area contributed by atoms with E-state index >= 15 is 0 Å². The number of anilines is 2. The van der Waals surface area contributed by atoms with E-state index in [1.807, 2.05) is 6.92 Å². The lowest BCUT2D eigenvalue weighted by atomic mass is 10.3. The lowest BCUT2D eigenvalue weighted by molar-refractivity contribution is -0.274. The Hall–Kier alpha value is -2.71. The van der Waals surface area contributed by atoms with Crippen molar-refractivity contribution in [2.45, 2.75) is 20.2 Å². The maximum absolute atomic E-state index is 12.1. The Kier molecular flexibility index (Phi) is 5.01. The van der Waals surface area contributed by atoms with Crippen LogP contribution in [0.5, 0.6) is 5.75 Å². The molecule has 0 aliphatic rings. The fraction of sp³-hybridized carbons (Fsp3) is 0.333. The molecule has 1 heterocycles. The van der Waals surface area contributed by atoms with Gasteiger partial charge in [-0.25, -0.2) is 0 Å². The fourth-order valence-electron chi connectivity index (χ4n) is 2.09. The van der Waals surface area contributed by atoms with Crippen LogP contribution in [-0.2, 0) is 11.8 Å². The van der Waals surface area contributed by atoms with Crippen molar-refractivity contribution in [1.82, 2.24) is 9.78 Å². The molecule has 0 saturated carbocycles. The summed E-state index contributed by atoms with van der Waals surface area (Å²) >= 11 is 0. The number of benzene rings is 1. The van der Waals surface area contributed by atoms with Gasteiger partial charge in [0.1, 0.15) is 5.75 Å². The average molecular weight is 342 g/mol. The molecule has 6 nitrogen and oxygen atoms in total. The summed E-state index contributed by atoms with van der Waals surface area (Å²) in [5.74, 6) is -0.607. The maximum Gasteiger partial charge on any atom is 0.573 e. The van der Waals surface area contributed by atoms with Crippen molar-refractivity contribution in [3.63, 3.8) is 0 Å². The van der Waals surface area contributed by atoms with Gasteiger partial charge >= 0.3 is 6.36 Å².